The van der Waals surface area contributed by atoms with Crippen LogP contribution in [0, 0.1) is 5.41 Å². The zero-order valence-corrected chi connectivity index (χ0v) is 9.92. The van der Waals surface area contributed by atoms with Crippen LogP contribution in [-0.4, -0.2) is 25.6 Å². The third-order valence-corrected chi connectivity index (χ3v) is 2.95. The maximum absolute atomic E-state index is 11.0. The normalized spacial score (nSPS) is 11.9. The Morgan fingerprint density at radius 3 is 2.82 bits per heavy atom. The summed E-state index contributed by atoms with van der Waals surface area (Å²) in [4.78, 5) is 19.4. The van der Waals surface area contributed by atoms with E-state index in [9.17, 15) is 4.79 Å². The van der Waals surface area contributed by atoms with Crippen molar-refractivity contribution in [3.05, 3.63) is 24.7 Å². The number of hydrogen-bond donors (Lipinski definition) is 1. The van der Waals surface area contributed by atoms with Gasteiger partial charge in [-0.15, -0.1) is 0 Å². The third-order valence-electron chi connectivity index (χ3n) is 2.95. The first kappa shape index (κ1) is 11.6. The number of carboxylic acid groups (broad SMARTS) is 1. The minimum absolute atomic E-state index is 0.558. The molecule has 5 nitrogen and oxygen atoms in total. The van der Waals surface area contributed by atoms with Gasteiger partial charge in [-0.3, -0.25) is 9.78 Å². The molecule has 0 spiro atoms. The lowest BCUT2D eigenvalue weighted by molar-refractivity contribution is -0.147. The van der Waals surface area contributed by atoms with Gasteiger partial charge in [-0.25, -0.2) is 4.98 Å². The van der Waals surface area contributed by atoms with E-state index >= 15 is 0 Å². The first-order valence-electron chi connectivity index (χ1n) is 5.50. The predicted octanol–water partition coefficient (Wildman–Crippen LogP) is 1.93. The van der Waals surface area contributed by atoms with Gasteiger partial charge in [-0.2, -0.15) is 0 Å². The average Bonchev–Trinajstić information content (AvgIpc) is 2.69. The quantitative estimate of drug-likeness (QED) is 0.876. The number of rotatable bonds is 4. The molecule has 0 saturated carbocycles. The zero-order valence-electron chi connectivity index (χ0n) is 9.92. The molecule has 0 atom stereocenters. The van der Waals surface area contributed by atoms with Crippen molar-refractivity contribution in [1.82, 2.24) is 14.5 Å². The summed E-state index contributed by atoms with van der Waals surface area (Å²) in [5.74, 6) is -0.778. The van der Waals surface area contributed by atoms with Crippen molar-refractivity contribution in [3.63, 3.8) is 0 Å². The number of aryl methyl sites for hydroxylation is 1. The Labute approximate surface area is 99.1 Å². The SMILES string of the molecule is CC(C)(CCn1ccc2nccnc21)C(=O)O. The van der Waals surface area contributed by atoms with Crippen molar-refractivity contribution < 1.29 is 9.90 Å². The summed E-state index contributed by atoms with van der Waals surface area (Å²) in [7, 11) is 0. The molecular formula is C12H15N3O2. The molecule has 0 unspecified atom stereocenters. The molecule has 2 aromatic rings. The highest BCUT2D eigenvalue weighted by Crippen LogP contribution is 2.22. The van der Waals surface area contributed by atoms with Crippen LogP contribution < -0.4 is 0 Å². The molecule has 0 radical (unpaired) electrons. The first-order valence-corrected chi connectivity index (χ1v) is 5.50. The van der Waals surface area contributed by atoms with Crippen LogP contribution in [0.1, 0.15) is 20.3 Å². The highest BCUT2D eigenvalue weighted by atomic mass is 16.4. The lowest BCUT2D eigenvalue weighted by Crippen LogP contribution is -2.25. The Hall–Kier alpha value is -1.91. The fourth-order valence-electron chi connectivity index (χ4n) is 1.60. The number of aliphatic carboxylic acids is 1. The lowest BCUT2D eigenvalue weighted by Gasteiger charge is -2.19. The molecule has 1 N–H and O–H groups in total. The van der Waals surface area contributed by atoms with Gasteiger partial charge in [0, 0.05) is 25.1 Å². The summed E-state index contributed by atoms with van der Waals surface area (Å²) in [6.07, 6.45) is 5.74. The minimum Gasteiger partial charge on any atom is -0.481 e. The Balaban J connectivity index is 2.17. The molecule has 5 heteroatoms. The van der Waals surface area contributed by atoms with Crippen LogP contribution in [0.3, 0.4) is 0 Å². The van der Waals surface area contributed by atoms with Crippen molar-refractivity contribution >= 4 is 17.1 Å². The molecule has 2 rings (SSSR count). The van der Waals surface area contributed by atoms with Gasteiger partial charge >= 0.3 is 5.97 Å². The topological polar surface area (TPSA) is 68.0 Å². The second-order valence-electron chi connectivity index (χ2n) is 4.71. The van der Waals surface area contributed by atoms with E-state index in [4.69, 9.17) is 5.11 Å². The Bertz CT molecular complexity index is 545. The molecule has 0 aliphatic heterocycles. The van der Waals surface area contributed by atoms with E-state index in [1.807, 2.05) is 16.8 Å². The molecule has 0 aliphatic rings. The van der Waals surface area contributed by atoms with Crippen molar-refractivity contribution in [2.45, 2.75) is 26.8 Å². The fraction of sp³-hybridized carbons (Fsp3) is 0.417. The molecule has 2 heterocycles. The van der Waals surface area contributed by atoms with Gasteiger partial charge in [0.2, 0.25) is 0 Å². The summed E-state index contributed by atoms with van der Waals surface area (Å²) < 4.78 is 1.94. The monoisotopic (exact) mass is 233 g/mol. The second-order valence-corrected chi connectivity index (χ2v) is 4.71. The van der Waals surface area contributed by atoms with Crippen LogP contribution in [-0.2, 0) is 11.3 Å². The summed E-state index contributed by atoms with van der Waals surface area (Å²) in [5.41, 5.74) is 0.910. The van der Waals surface area contributed by atoms with Crippen LogP contribution in [0.5, 0.6) is 0 Å². The van der Waals surface area contributed by atoms with Crippen LogP contribution in [0.2, 0.25) is 0 Å². The van der Waals surface area contributed by atoms with Gasteiger partial charge < -0.3 is 9.67 Å². The van der Waals surface area contributed by atoms with Crippen LogP contribution >= 0.6 is 0 Å². The molecule has 0 aliphatic carbocycles. The van der Waals surface area contributed by atoms with Crippen molar-refractivity contribution in [2.75, 3.05) is 0 Å². The van der Waals surface area contributed by atoms with E-state index < -0.39 is 11.4 Å². The lowest BCUT2D eigenvalue weighted by atomic mass is 9.90. The average molecular weight is 233 g/mol. The summed E-state index contributed by atoms with van der Waals surface area (Å²) in [6.45, 7) is 4.08. The number of fused-ring (bicyclic) bond motifs is 1. The van der Waals surface area contributed by atoms with E-state index in [0.717, 1.165) is 11.2 Å². The molecule has 0 bridgehead atoms. The van der Waals surface area contributed by atoms with E-state index in [2.05, 4.69) is 9.97 Å². The summed E-state index contributed by atoms with van der Waals surface area (Å²) in [5, 5.41) is 9.05. The highest BCUT2D eigenvalue weighted by Gasteiger charge is 2.26. The number of carboxylic acids is 1. The third kappa shape index (κ3) is 2.27. The Morgan fingerprint density at radius 1 is 1.41 bits per heavy atom. The molecular weight excluding hydrogens is 218 g/mol. The Morgan fingerprint density at radius 2 is 2.12 bits per heavy atom. The second kappa shape index (κ2) is 4.16. The smallest absolute Gasteiger partial charge is 0.309 e. The zero-order chi connectivity index (χ0) is 12.5. The fourth-order valence-corrected chi connectivity index (χ4v) is 1.60. The first-order chi connectivity index (χ1) is 8.00. The number of aromatic nitrogens is 3. The van der Waals surface area contributed by atoms with Gasteiger partial charge in [0.05, 0.1) is 5.41 Å². The van der Waals surface area contributed by atoms with Crippen LogP contribution in [0.25, 0.3) is 11.2 Å². The van der Waals surface area contributed by atoms with Crippen molar-refractivity contribution in [3.8, 4) is 0 Å². The predicted molar refractivity (Wildman–Crippen MR) is 63.6 cm³/mol. The van der Waals surface area contributed by atoms with Gasteiger partial charge in [0.1, 0.15) is 5.52 Å². The van der Waals surface area contributed by atoms with E-state index in [-0.39, 0.29) is 0 Å². The highest BCUT2D eigenvalue weighted by molar-refractivity contribution is 5.73. The molecule has 2 aromatic heterocycles. The largest absolute Gasteiger partial charge is 0.481 e. The van der Waals surface area contributed by atoms with Crippen LogP contribution in [0.4, 0.5) is 0 Å². The molecule has 0 saturated heterocycles. The van der Waals surface area contributed by atoms with Crippen LogP contribution in [0.15, 0.2) is 24.7 Å². The van der Waals surface area contributed by atoms with Gasteiger partial charge in [0.15, 0.2) is 5.65 Å². The molecule has 0 aromatic carbocycles. The standard InChI is InChI=1S/C12H15N3O2/c1-12(2,11(16)17)4-8-15-7-3-9-10(15)14-6-5-13-9/h3,5-7H,4,8H2,1-2H3,(H,16,17). The van der Waals surface area contributed by atoms with E-state index in [1.54, 1.807) is 26.2 Å². The number of hydrogen-bond acceptors (Lipinski definition) is 3. The molecule has 90 valence electrons. The summed E-state index contributed by atoms with van der Waals surface area (Å²) in [6, 6.07) is 1.89. The van der Waals surface area contributed by atoms with E-state index in [0.29, 0.717) is 13.0 Å². The number of carbonyl (C=O) groups is 1. The van der Waals surface area contributed by atoms with Gasteiger partial charge in [-0.1, -0.05) is 0 Å². The van der Waals surface area contributed by atoms with E-state index in [1.165, 1.54) is 0 Å². The Kier molecular flexibility index (Phi) is 2.83. The van der Waals surface area contributed by atoms with Gasteiger partial charge in [0.25, 0.3) is 0 Å². The number of nitrogens with zero attached hydrogens (tertiary/aromatic N) is 3. The summed E-state index contributed by atoms with van der Waals surface area (Å²) >= 11 is 0. The van der Waals surface area contributed by atoms with Crippen molar-refractivity contribution in [2.24, 2.45) is 5.41 Å². The maximum Gasteiger partial charge on any atom is 0.309 e. The maximum atomic E-state index is 11.0. The molecule has 0 amide bonds. The van der Waals surface area contributed by atoms with Gasteiger partial charge in [-0.05, 0) is 26.3 Å². The minimum atomic E-state index is -0.778. The van der Waals surface area contributed by atoms with Crippen molar-refractivity contribution in [1.29, 1.82) is 0 Å². The molecule has 0 fully saturated rings. The molecule has 17 heavy (non-hydrogen) atoms.